The Balaban J connectivity index is 2.48. The average Bonchev–Trinajstić information content (AvgIpc) is 2.15. The van der Waals surface area contributed by atoms with Crippen LogP contribution < -0.4 is 0 Å². The first-order valence-corrected chi connectivity index (χ1v) is 5.92. The molecule has 1 aliphatic rings. The van der Waals surface area contributed by atoms with Crippen LogP contribution in [0.3, 0.4) is 0 Å². The van der Waals surface area contributed by atoms with Crippen LogP contribution in [0.5, 0.6) is 0 Å². The summed E-state index contributed by atoms with van der Waals surface area (Å²) in [6.07, 6.45) is 0.484. The van der Waals surface area contributed by atoms with Gasteiger partial charge in [0.1, 0.15) is 5.60 Å². The normalized spacial score (nSPS) is 26.7. The van der Waals surface area contributed by atoms with E-state index in [1.807, 2.05) is 20.8 Å². The molecule has 0 radical (unpaired) electrons. The predicted octanol–water partition coefficient (Wildman–Crippen LogP) is 2.25. The van der Waals surface area contributed by atoms with E-state index >= 15 is 0 Å². The number of carbonyl (C=O) groups is 1. The third-order valence-corrected chi connectivity index (χ3v) is 2.86. The first-order chi connectivity index (χ1) is 7.33. The summed E-state index contributed by atoms with van der Waals surface area (Å²) in [6, 6.07) is 0. The molecule has 1 fully saturated rings. The van der Waals surface area contributed by atoms with E-state index in [-0.39, 0.29) is 17.6 Å². The van der Waals surface area contributed by atoms with Crippen LogP contribution in [0, 0.1) is 0 Å². The van der Waals surface area contributed by atoms with Gasteiger partial charge in [-0.3, -0.25) is 0 Å². The number of hydrogen-bond acceptors (Lipinski definition) is 3. The fourth-order valence-corrected chi connectivity index (χ4v) is 2.04. The second-order valence-corrected chi connectivity index (χ2v) is 5.57. The van der Waals surface area contributed by atoms with Crippen LogP contribution in [0.1, 0.15) is 27.2 Å². The number of alkyl halides is 1. The van der Waals surface area contributed by atoms with Crippen LogP contribution in [-0.2, 0) is 9.47 Å². The molecule has 0 spiro atoms. The van der Waals surface area contributed by atoms with Crippen molar-refractivity contribution in [1.82, 2.24) is 4.90 Å². The zero-order valence-corrected chi connectivity index (χ0v) is 11.1. The number of piperidine rings is 1. The van der Waals surface area contributed by atoms with Crippen LogP contribution in [0.2, 0.25) is 0 Å². The zero-order chi connectivity index (χ0) is 12.3. The lowest BCUT2D eigenvalue weighted by atomic mass is 10.1. The number of ether oxygens (including phenoxy) is 2. The number of rotatable bonds is 1. The summed E-state index contributed by atoms with van der Waals surface area (Å²) < 4.78 is 10.5. The lowest BCUT2D eigenvalue weighted by molar-refractivity contribution is 0.00322. The molecule has 5 heteroatoms. The van der Waals surface area contributed by atoms with Crippen LogP contribution in [0.25, 0.3) is 0 Å². The average molecular weight is 250 g/mol. The molecule has 16 heavy (non-hydrogen) atoms. The fourth-order valence-electron chi connectivity index (χ4n) is 1.64. The van der Waals surface area contributed by atoms with Crippen molar-refractivity contribution in [2.24, 2.45) is 0 Å². The molecule has 1 heterocycles. The maximum absolute atomic E-state index is 11.8. The van der Waals surface area contributed by atoms with Gasteiger partial charge in [0.2, 0.25) is 0 Å². The molecule has 0 aromatic heterocycles. The zero-order valence-electron chi connectivity index (χ0n) is 10.3. The van der Waals surface area contributed by atoms with Crippen molar-refractivity contribution in [3.8, 4) is 0 Å². The lowest BCUT2D eigenvalue weighted by Gasteiger charge is -2.35. The largest absolute Gasteiger partial charge is 0.444 e. The maximum atomic E-state index is 11.8. The highest BCUT2D eigenvalue weighted by molar-refractivity contribution is 6.21. The topological polar surface area (TPSA) is 38.8 Å². The highest BCUT2D eigenvalue weighted by Gasteiger charge is 2.32. The van der Waals surface area contributed by atoms with Crippen molar-refractivity contribution in [3.05, 3.63) is 0 Å². The number of methoxy groups -OCH3 is 1. The minimum atomic E-state index is -0.461. The van der Waals surface area contributed by atoms with Crippen molar-refractivity contribution < 1.29 is 14.3 Å². The number of amides is 1. The molecule has 1 rings (SSSR count). The van der Waals surface area contributed by atoms with Gasteiger partial charge in [0.25, 0.3) is 0 Å². The van der Waals surface area contributed by atoms with Gasteiger partial charge in [-0.1, -0.05) is 0 Å². The standard InChI is InChI=1S/C11H20ClNO3/c1-11(2,3)16-10(14)13-6-5-9(15-4)8(12)7-13/h8-9H,5-7H2,1-4H3. The molecule has 1 saturated heterocycles. The van der Waals surface area contributed by atoms with Gasteiger partial charge >= 0.3 is 6.09 Å². The van der Waals surface area contributed by atoms with E-state index in [4.69, 9.17) is 21.1 Å². The van der Waals surface area contributed by atoms with E-state index in [1.165, 1.54) is 0 Å². The number of nitrogens with zero attached hydrogens (tertiary/aromatic N) is 1. The molecule has 2 atom stereocenters. The molecular weight excluding hydrogens is 230 g/mol. The summed E-state index contributed by atoms with van der Waals surface area (Å²) in [5.74, 6) is 0. The van der Waals surface area contributed by atoms with Crippen molar-refractivity contribution >= 4 is 17.7 Å². The molecular formula is C11H20ClNO3. The molecule has 2 unspecified atom stereocenters. The SMILES string of the molecule is COC1CCN(C(=O)OC(C)(C)C)CC1Cl. The van der Waals surface area contributed by atoms with Gasteiger partial charge in [0.15, 0.2) is 0 Å². The maximum Gasteiger partial charge on any atom is 0.410 e. The predicted molar refractivity (Wildman–Crippen MR) is 62.9 cm³/mol. The first-order valence-electron chi connectivity index (χ1n) is 5.48. The van der Waals surface area contributed by atoms with E-state index in [9.17, 15) is 4.79 Å². The molecule has 0 aromatic rings. The quantitative estimate of drug-likeness (QED) is 0.669. The molecule has 0 bridgehead atoms. The fraction of sp³-hybridized carbons (Fsp3) is 0.909. The monoisotopic (exact) mass is 249 g/mol. The van der Waals surface area contributed by atoms with Gasteiger partial charge in [0, 0.05) is 20.2 Å². The minimum absolute atomic E-state index is 0.0281. The van der Waals surface area contributed by atoms with E-state index in [0.717, 1.165) is 6.42 Å². The van der Waals surface area contributed by atoms with Gasteiger partial charge < -0.3 is 14.4 Å². The van der Waals surface area contributed by atoms with Crippen LogP contribution in [-0.4, -0.2) is 48.3 Å². The molecule has 0 saturated carbocycles. The Kier molecular flexibility index (Phi) is 4.44. The summed E-state index contributed by atoms with van der Waals surface area (Å²) in [5, 5.41) is -0.161. The molecule has 4 nitrogen and oxygen atoms in total. The Bertz CT molecular complexity index is 252. The minimum Gasteiger partial charge on any atom is -0.444 e. The van der Waals surface area contributed by atoms with Crippen molar-refractivity contribution in [2.75, 3.05) is 20.2 Å². The van der Waals surface area contributed by atoms with Crippen LogP contribution in [0.4, 0.5) is 4.79 Å². The van der Waals surface area contributed by atoms with E-state index in [2.05, 4.69) is 0 Å². The molecule has 94 valence electrons. The number of hydrogen-bond donors (Lipinski definition) is 0. The number of halogens is 1. The summed E-state index contributed by atoms with van der Waals surface area (Å²) in [7, 11) is 1.64. The van der Waals surface area contributed by atoms with Crippen molar-refractivity contribution in [2.45, 2.75) is 44.3 Å². The van der Waals surface area contributed by atoms with Gasteiger partial charge in [0.05, 0.1) is 11.5 Å². The molecule has 0 aliphatic carbocycles. The van der Waals surface area contributed by atoms with Crippen molar-refractivity contribution in [1.29, 1.82) is 0 Å². The van der Waals surface area contributed by atoms with E-state index in [0.29, 0.717) is 13.1 Å². The Morgan fingerprint density at radius 2 is 2.06 bits per heavy atom. The van der Waals surface area contributed by atoms with E-state index in [1.54, 1.807) is 12.0 Å². The van der Waals surface area contributed by atoms with Crippen LogP contribution in [0.15, 0.2) is 0 Å². The molecule has 1 aliphatic heterocycles. The highest BCUT2D eigenvalue weighted by atomic mass is 35.5. The molecule has 1 amide bonds. The van der Waals surface area contributed by atoms with Gasteiger partial charge in [-0.2, -0.15) is 0 Å². The summed E-state index contributed by atoms with van der Waals surface area (Å²) in [6.45, 7) is 6.67. The summed E-state index contributed by atoms with van der Waals surface area (Å²) in [5.41, 5.74) is -0.461. The third kappa shape index (κ3) is 3.83. The smallest absolute Gasteiger partial charge is 0.410 e. The molecule has 0 aromatic carbocycles. The second-order valence-electron chi connectivity index (χ2n) is 5.01. The summed E-state index contributed by atoms with van der Waals surface area (Å²) in [4.78, 5) is 13.4. The Hall–Kier alpha value is -0.480. The number of carbonyl (C=O) groups excluding carboxylic acids is 1. The molecule has 0 N–H and O–H groups in total. The van der Waals surface area contributed by atoms with Crippen molar-refractivity contribution in [3.63, 3.8) is 0 Å². The highest BCUT2D eigenvalue weighted by Crippen LogP contribution is 2.20. The first kappa shape index (κ1) is 13.6. The third-order valence-electron chi connectivity index (χ3n) is 2.44. The van der Waals surface area contributed by atoms with Gasteiger partial charge in [-0.25, -0.2) is 4.79 Å². The number of likely N-dealkylation sites (tertiary alicyclic amines) is 1. The Morgan fingerprint density at radius 1 is 1.44 bits per heavy atom. The summed E-state index contributed by atoms with van der Waals surface area (Å²) >= 11 is 6.12. The van der Waals surface area contributed by atoms with Crippen LogP contribution >= 0.6 is 11.6 Å². The van der Waals surface area contributed by atoms with E-state index < -0.39 is 5.60 Å². The van der Waals surface area contributed by atoms with Gasteiger partial charge in [-0.15, -0.1) is 11.6 Å². The second kappa shape index (κ2) is 5.23. The Labute approximate surface area is 102 Å². The lowest BCUT2D eigenvalue weighted by Crippen LogP contribution is -2.48. The van der Waals surface area contributed by atoms with Gasteiger partial charge in [-0.05, 0) is 27.2 Å². The Morgan fingerprint density at radius 3 is 2.50 bits per heavy atom.